The van der Waals surface area contributed by atoms with Crippen molar-refractivity contribution in [1.82, 2.24) is 0 Å². The SMILES string of the molecule is COc1ccc(/C=C(\C#N)C(=O)Nc2ccc(C)c(C)c2)c(OC)c1. The lowest BCUT2D eigenvalue weighted by Gasteiger charge is -2.09. The van der Waals surface area contributed by atoms with Crippen molar-refractivity contribution in [3.63, 3.8) is 0 Å². The van der Waals surface area contributed by atoms with Crippen molar-refractivity contribution in [2.75, 3.05) is 19.5 Å². The minimum atomic E-state index is -0.469. The molecule has 0 unspecified atom stereocenters. The molecule has 1 amide bonds. The molecule has 0 radical (unpaired) electrons. The third-order valence-corrected chi connectivity index (χ3v) is 3.87. The van der Waals surface area contributed by atoms with Gasteiger partial charge >= 0.3 is 0 Å². The summed E-state index contributed by atoms with van der Waals surface area (Å²) in [6.45, 7) is 3.96. The van der Waals surface area contributed by atoms with Crippen molar-refractivity contribution in [3.8, 4) is 17.6 Å². The largest absolute Gasteiger partial charge is 0.497 e. The number of hydrogen-bond acceptors (Lipinski definition) is 4. The fourth-order valence-corrected chi connectivity index (χ4v) is 2.26. The fourth-order valence-electron chi connectivity index (χ4n) is 2.26. The highest BCUT2D eigenvalue weighted by Gasteiger charge is 2.12. The van der Waals surface area contributed by atoms with Crippen molar-refractivity contribution < 1.29 is 14.3 Å². The Morgan fingerprint density at radius 3 is 2.44 bits per heavy atom. The molecule has 0 saturated carbocycles. The van der Waals surface area contributed by atoms with Crippen molar-refractivity contribution in [2.45, 2.75) is 13.8 Å². The van der Waals surface area contributed by atoms with Crippen LogP contribution in [0.3, 0.4) is 0 Å². The van der Waals surface area contributed by atoms with E-state index in [1.54, 1.807) is 25.3 Å². The number of nitrogens with zero attached hydrogens (tertiary/aromatic N) is 1. The number of hydrogen-bond donors (Lipinski definition) is 1. The zero-order chi connectivity index (χ0) is 18.4. The molecule has 0 atom stereocenters. The van der Waals surface area contributed by atoms with Crippen LogP contribution in [0.4, 0.5) is 5.69 Å². The van der Waals surface area contributed by atoms with E-state index in [1.165, 1.54) is 13.2 Å². The van der Waals surface area contributed by atoms with E-state index in [1.807, 2.05) is 38.1 Å². The predicted octanol–water partition coefficient (Wildman–Crippen LogP) is 3.87. The maximum atomic E-state index is 12.4. The zero-order valence-electron chi connectivity index (χ0n) is 14.7. The minimum Gasteiger partial charge on any atom is -0.497 e. The quantitative estimate of drug-likeness (QED) is 0.665. The van der Waals surface area contributed by atoms with Crippen molar-refractivity contribution in [2.24, 2.45) is 0 Å². The van der Waals surface area contributed by atoms with Crippen LogP contribution in [0.1, 0.15) is 16.7 Å². The van der Waals surface area contributed by atoms with Gasteiger partial charge in [0, 0.05) is 17.3 Å². The Balaban J connectivity index is 2.29. The highest BCUT2D eigenvalue weighted by molar-refractivity contribution is 6.09. The van der Waals surface area contributed by atoms with E-state index in [2.05, 4.69) is 5.32 Å². The molecule has 0 spiro atoms. The van der Waals surface area contributed by atoms with Gasteiger partial charge in [0.1, 0.15) is 23.1 Å². The van der Waals surface area contributed by atoms with Gasteiger partial charge in [0.25, 0.3) is 5.91 Å². The van der Waals surface area contributed by atoms with Gasteiger partial charge in [0.2, 0.25) is 0 Å². The highest BCUT2D eigenvalue weighted by atomic mass is 16.5. The number of amides is 1. The Kier molecular flexibility index (Phi) is 5.80. The summed E-state index contributed by atoms with van der Waals surface area (Å²) >= 11 is 0. The van der Waals surface area contributed by atoms with E-state index in [-0.39, 0.29) is 5.57 Å². The van der Waals surface area contributed by atoms with Crippen LogP contribution in [0.5, 0.6) is 11.5 Å². The van der Waals surface area contributed by atoms with Gasteiger partial charge in [-0.3, -0.25) is 4.79 Å². The lowest BCUT2D eigenvalue weighted by molar-refractivity contribution is -0.112. The molecule has 2 aromatic carbocycles. The number of carbonyl (C=O) groups is 1. The number of aryl methyl sites for hydroxylation is 2. The van der Waals surface area contributed by atoms with Crippen molar-refractivity contribution in [1.29, 1.82) is 5.26 Å². The summed E-state index contributed by atoms with van der Waals surface area (Å²) in [7, 11) is 3.08. The van der Waals surface area contributed by atoms with Gasteiger partial charge in [-0.1, -0.05) is 6.07 Å². The first-order valence-electron chi connectivity index (χ1n) is 7.71. The average Bonchev–Trinajstić information content (AvgIpc) is 2.62. The molecule has 2 aromatic rings. The minimum absolute atomic E-state index is 0.0123. The Morgan fingerprint density at radius 2 is 1.84 bits per heavy atom. The number of rotatable bonds is 5. The van der Waals surface area contributed by atoms with Crippen LogP contribution < -0.4 is 14.8 Å². The molecule has 2 rings (SSSR count). The molecule has 0 bridgehead atoms. The van der Waals surface area contributed by atoms with Gasteiger partial charge in [-0.15, -0.1) is 0 Å². The standard InChI is InChI=1S/C20H20N2O3/c1-13-5-7-17(9-14(13)2)22-20(23)16(12-21)10-15-6-8-18(24-3)11-19(15)25-4/h5-11H,1-4H3,(H,22,23)/b16-10+. The molecule has 0 aromatic heterocycles. The number of carbonyl (C=O) groups excluding carboxylic acids is 1. The predicted molar refractivity (Wildman–Crippen MR) is 97.7 cm³/mol. The van der Waals surface area contributed by atoms with Gasteiger partial charge < -0.3 is 14.8 Å². The van der Waals surface area contributed by atoms with Gasteiger partial charge in [-0.25, -0.2) is 0 Å². The zero-order valence-corrected chi connectivity index (χ0v) is 14.7. The molecule has 0 aliphatic carbocycles. The second-order valence-electron chi connectivity index (χ2n) is 5.53. The summed E-state index contributed by atoms with van der Waals surface area (Å²) in [6, 6.07) is 12.7. The summed E-state index contributed by atoms with van der Waals surface area (Å²) in [4.78, 5) is 12.4. The molecule has 0 fully saturated rings. The normalized spacial score (nSPS) is 10.8. The van der Waals surface area contributed by atoms with Gasteiger partial charge in [-0.05, 0) is 55.3 Å². The Hall–Kier alpha value is -3.26. The summed E-state index contributed by atoms with van der Waals surface area (Å²) < 4.78 is 10.4. The fraction of sp³-hybridized carbons (Fsp3) is 0.200. The first kappa shape index (κ1) is 18.1. The maximum Gasteiger partial charge on any atom is 0.266 e. The highest BCUT2D eigenvalue weighted by Crippen LogP contribution is 2.26. The number of benzene rings is 2. The maximum absolute atomic E-state index is 12.4. The molecule has 0 aliphatic rings. The summed E-state index contributed by atoms with van der Waals surface area (Å²) in [5.74, 6) is 0.682. The number of ether oxygens (including phenoxy) is 2. The van der Waals surface area contributed by atoms with Gasteiger partial charge in [0.05, 0.1) is 14.2 Å². The lowest BCUT2D eigenvalue weighted by Crippen LogP contribution is -2.13. The second kappa shape index (κ2) is 8.02. The smallest absolute Gasteiger partial charge is 0.266 e. The molecule has 5 nitrogen and oxygen atoms in total. The van der Waals surface area contributed by atoms with E-state index < -0.39 is 5.91 Å². The number of anilines is 1. The third-order valence-electron chi connectivity index (χ3n) is 3.87. The van der Waals surface area contributed by atoms with Crippen LogP contribution in [-0.4, -0.2) is 20.1 Å². The topological polar surface area (TPSA) is 71.3 Å². The first-order valence-corrected chi connectivity index (χ1v) is 7.71. The van der Waals surface area contributed by atoms with Crippen LogP contribution >= 0.6 is 0 Å². The van der Waals surface area contributed by atoms with Crippen LogP contribution in [0.2, 0.25) is 0 Å². The first-order chi connectivity index (χ1) is 12.0. The second-order valence-corrected chi connectivity index (χ2v) is 5.53. The third kappa shape index (κ3) is 4.39. The lowest BCUT2D eigenvalue weighted by atomic mass is 10.1. The molecule has 1 N–H and O–H groups in total. The molecule has 128 valence electrons. The molecule has 0 saturated heterocycles. The van der Waals surface area contributed by atoms with E-state index in [0.29, 0.717) is 22.7 Å². The summed E-state index contributed by atoms with van der Waals surface area (Å²) in [6.07, 6.45) is 1.49. The molecule has 0 aliphatic heterocycles. The van der Waals surface area contributed by atoms with Crippen molar-refractivity contribution in [3.05, 3.63) is 58.7 Å². The van der Waals surface area contributed by atoms with E-state index in [0.717, 1.165) is 11.1 Å². The Labute approximate surface area is 147 Å². The molecular weight excluding hydrogens is 316 g/mol. The summed E-state index contributed by atoms with van der Waals surface area (Å²) in [5, 5.41) is 12.1. The molecule has 0 heterocycles. The van der Waals surface area contributed by atoms with Crippen LogP contribution in [0.25, 0.3) is 6.08 Å². The van der Waals surface area contributed by atoms with Gasteiger partial charge in [0.15, 0.2) is 0 Å². The number of nitrogens with one attached hydrogen (secondary N) is 1. The van der Waals surface area contributed by atoms with Crippen LogP contribution in [-0.2, 0) is 4.79 Å². The molecular formula is C20H20N2O3. The van der Waals surface area contributed by atoms with Crippen molar-refractivity contribution >= 4 is 17.7 Å². The van der Waals surface area contributed by atoms with Gasteiger partial charge in [-0.2, -0.15) is 5.26 Å². The van der Waals surface area contributed by atoms with Crippen LogP contribution in [0.15, 0.2) is 42.0 Å². The average molecular weight is 336 g/mol. The van der Waals surface area contributed by atoms with E-state index in [9.17, 15) is 10.1 Å². The van der Waals surface area contributed by atoms with E-state index in [4.69, 9.17) is 9.47 Å². The monoisotopic (exact) mass is 336 g/mol. The van der Waals surface area contributed by atoms with E-state index >= 15 is 0 Å². The Morgan fingerprint density at radius 1 is 1.08 bits per heavy atom. The number of nitriles is 1. The number of methoxy groups -OCH3 is 2. The summed E-state index contributed by atoms with van der Waals surface area (Å²) in [5.41, 5.74) is 3.46. The molecule has 25 heavy (non-hydrogen) atoms. The molecule has 5 heteroatoms. The van der Waals surface area contributed by atoms with Crippen LogP contribution in [0, 0.1) is 25.2 Å². The Bertz CT molecular complexity index is 864.